The Morgan fingerprint density at radius 1 is 0.640 bits per heavy atom. The standard InChI is InChI=1S/C22H15N3/c1-2-6-15(7-3-1)19-13-20-22(23-14-19)25-21(24-20)18-11-10-16-8-4-5-9-17(16)12-18/h1-14H,(H,23,24,25). The predicted octanol–water partition coefficient (Wildman–Crippen LogP) is 5.45. The van der Waals surface area contributed by atoms with Crippen LogP contribution in [0.2, 0.25) is 0 Å². The summed E-state index contributed by atoms with van der Waals surface area (Å²) >= 11 is 0. The number of nitrogens with zero attached hydrogens (tertiary/aromatic N) is 2. The Kier molecular flexibility index (Phi) is 3.10. The first kappa shape index (κ1) is 13.9. The van der Waals surface area contributed by atoms with Gasteiger partial charge in [-0.1, -0.05) is 66.7 Å². The van der Waals surface area contributed by atoms with Crippen molar-refractivity contribution in [1.82, 2.24) is 15.0 Å². The van der Waals surface area contributed by atoms with Crippen molar-refractivity contribution in [2.45, 2.75) is 0 Å². The minimum atomic E-state index is 0.808. The molecule has 0 aliphatic heterocycles. The Hall–Kier alpha value is -3.46. The summed E-state index contributed by atoms with van der Waals surface area (Å²) < 4.78 is 0. The van der Waals surface area contributed by atoms with Gasteiger partial charge >= 0.3 is 0 Å². The van der Waals surface area contributed by atoms with E-state index in [0.717, 1.165) is 33.7 Å². The van der Waals surface area contributed by atoms with E-state index in [1.165, 1.54) is 10.8 Å². The molecule has 5 aromatic rings. The highest BCUT2D eigenvalue weighted by Crippen LogP contribution is 2.26. The number of aromatic nitrogens is 3. The summed E-state index contributed by atoms with van der Waals surface area (Å²) in [6.07, 6.45) is 1.89. The first-order valence-electron chi connectivity index (χ1n) is 8.27. The van der Waals surface area contributed by atoms with Crippen LogP contribution in [0, 0.1) is 0 Å². The molecule has 0 aliphatic rings. The lowest BCUT2D eigenvalue weighted by Gasteiger charge is -2.00. The molecule has 2 aromatic heterocycles. The zero-order chi connectivity index (χ0) is 16.6. The van der Waals surface area contributed by atoms with Gasteiger partial charge in [0.05, 0.1) is 0 Å². The summed E-state index contributed by atoms with van der Waals surface area (Å²) in [7, 11) is 0. The third kappa shape index (κ3) is 2.46. The third-order valence-corrected chi connectivity index (χ3v) is 4.47. The van der Waals surface area contributed by atoms with Gasteiger partial charge in [0.1, 0.15) is 11.3 Å². The Labute approximate surface area is 145 Å². The Bertz CT molecular complexity index is 1190. The molecular weight excluding hydrogens is 306 g/mol. The minimum Gasteiger partial charge on any atom is -0.323 e. The molecule has 1 N–H and O–H groups in total. The highest BCUT2D eigenvalue weighted by Gasteiger charge is 2.08. The maximum Gasteiger partial charge on any atom is 0.157 e. The predicted molar refractivity (Wildman–Crippen MR) is 102 cm³/mol. The quantitative estimate of drug-likeness (QED) is 0.470. The molecule has 0 fully saturated rings. The van der Waals surface area contributed by atoms with Crippen LogP contribution < -0.4 is 0 Å². The second-order valence-corrected chi connectivity index (χ2v) is 6.11. The van der Waals surface area contributed by atoms with Crippen molar-refractivity contribution in [3.63, 3.8) is 0 Å². The van der Waals surface area contributed by atoms with Crippen LogP contribution in [0.3, 0.4) is 0 Å². The molecule has 3 aromatic carbocycles. The first-order valence-corrected chi connectivity index (χ1v) is 8.27. The van der Waals surface area contributed by atoms with Gasteiger partial charge in [0, 0.05) is 17.3 Å². The van der Waals surface area contributed by atoms with Crippen LogP contribution in [0.4, 0.5) is 0 Å². The number of aromatic amines is 1. The normalized spacial score (nSPS) is 11.2. The molecule has 2 heterocycles. The van der Waals surface area contributed by atoms with E-state index in [-0.39, 0.29) is 0 Å². The number of pyridine rings is 1. The third-order valence-electron chi connectivity index (χ3n) is 4.47. The van der Waals surface area contributed by atoms with Crippen LogP contribution in [-0.4, -0.2) is 15.0 Å². The maximum absolute atomic E-state index is 4.76. The van der Waals surface area contributed by atoms with Gasteiger partial charge in [-0.05, 0) is 28.5 Å². The number of fused-ring (bicyclic) bond motifs is 2. The monoisotopic (exact) mass is 321 g/mol. The molecule has 118 valence electrons. The number of hydrogen-bond donors (Lipinski definition) is 1. The lowest BCUT2D eigenvalue weighted by molar-refractivity contribution is 1.30. The fraction of sp³-hybridized carbons (Fsp3) is 0. The second kappa shape index (κ2) is 5.56. The fourth-order valence-corrected chi connectivity index (χ4v) is 3.16. The smallest absolute Gasteiger partial charge is 0.157 e. The summed E-state index contributed by atoms with van der Waals surface area (Å²) in [6, 6.07) is 27.1. The summed E-state index contributed by atoms with van der Waals surface area (Å²) in [5.74, 6) is 0.846. The summed E-state index contributed by atoms with van der Waals surface area (Å²) in [5, 5.41) is 2.44. The average molecular weight is 321 g/mol. The Morgan fingerprint density at radius 2 is 1.44 bits per heavy atom. The van der Waals surface area contributed by atoms with Crippen LogP contribution >= 0.6 is 0 Å². The van der Waals surface area contributed by atoms with Gasteiger partial charge in [-0.25, -0.2) is 9.97 Å². The Morgan fingerprint density at radius 3 is 2.32 bits per heavy atom. The topological polar surface area (TPSA) is 41.6 Å². The molecule has 0 radical (unpaired) electrons. The van der Waals surface area contributed by atoms with Crippen LogP contribution in [0.1, 0.15) is 0 Å². The molecule has 5 rings (SSSR count). The van der Waals surface area contributed by atoms with Gasteiger partial charge in [0.25, 0.3) is 0 Å². The van der Waals surface area contributed by atoms with Crippen molar-refractivity contribution in [2.75, 3.05) is 0 Å². The molecule has 0 saturated carbocycles. The van der Waals surface area contributed by atoms with Gasteiger partial charge in [-0.15, -0.1) is 0 Å². The molecule has 3 nitrogen and oxygen atoms in total. The average Bonchev–Trinajstić information content (AvgIpc) is 3.11. The number of hydrogen-bond acceptors (Lipinski definition) is 2. The maximum atomic E-state index is 4.76. The molecule has 0 unspecified atom stereocenters. The van der Waals surface area contributed by atoms with E-state index in [1.54, 1.807) is 0 Å². The number of rotatable bonds is 2. The first-order chi connectivity index (χ1) is 12.4. The van der Waals surface area contributed by atoms with Gasteiger partial charge in [-0.2, -0.15) is 0 Å². The van der Waals surface area contributed by atoms with E-state index in [9.17, 15) is 0 Å². The van der Waals surface area contributed by atoms with Crippen molar-refractivity contribution >= 4 is 21.9 Å². The van der Waals surface area contributed by atoms with Gasteiger partial charge < -0.3 is 4.98 Å². The van der Waals surface area contributed by atoms with Gasteiger partial charge in [0.15, 0.2) is 5.65 Å². The zero-order valence-corrected chi connectivity index (χ0v) is 13.5. The fourth-order valence-electron chi connectivity index (χ4n) is 3.16. The molecule has 0 amide bonds. The van der Waals surface area contributed by atoms with Crippen molar-refractivity contribution in [1.29, 1.82) is 0 Å². The minimum absolute atomic E-state index is 0.808. The SMILES string of the molecule is c1ccc(-c2cnc3[nH]c(-c4ccc5ccccc5c4)nc3c2)cc1. The van der Waals surface area contributed by atoms with E-state index in [0.29, 0.717) is 0 Å². The lowest BCUT2D eigenvalue weighted by Crippen LogP contribution is -1.81. The van der Waals surface area contributed by atoms with Crippen LogP contribution in [0.15, 0.2) is 85.1 Å². The van der Waals surface area contributed by atoms with E-state index < -0.39 is 0 Å². The molecule has 0 aliphatic carbocycles. The second-order valence-electron chi connectivity index (χ2n) is 6.11. The molecular formula is C22H15N3. The largest absolute Gasteiger partial charge is 0.323 e. The highest BCUT2D eigenvalue weighted by molar-refractivity contribution is 5.88. The van der Waals surface area contributed by atoms with E-state index >= 15 is 0 Å². The number of H-pyrrole nitrogens is 1. The van der Waals surface area contributed by atoms with Crippen LogP contribution in [0.5, 0.6) is 0 Å². The highest BCUT2D eigenvalue weighted by atomic mass is 15.0. The zero-order valence-electron chi connectivity index (χ0n) is 13.5. The summed E-state index contributed by atoms with van der Waals surface area (Å²) in [5.41, 5.74) is 4.97. The summed E-state index contributed by atoms with van der Waals surface area (Å²) in [4.78, 5) is 12.6. The van der Waals surface area contributed by atoms with Crippen molar-refractivity contribution in [3.05, 3.63) is 85.1 Å². The van der Waals surface area contributed by atoms with Gasteiger partial charge in [0.2, 0.25) is 0 Å². The summed E-state index contributed by atoms with van der Waals surface area (Å²) in [6.45, 7) is 0. The van der Waals surface area contributed by atoms with Crippen molar-refractivity contribution < 1.29 is 0 Å². The number of imidazole rings is 1. The number of benzene rings is 3. The van der Waals surface area contributed by atoms with Crippen molar-refractivity contribution in [3.8, 4) is 22.5 Å². The molecule has 25 heavy (non-hydrogen) atoms. The van der Waals surface area contributed by atoms with Gasteiger partial charge in [-0.3, -0.25) is 0 Å². The Balaban J connectivity index is 1.62. The van der Waals surface area contributed by atoms with E-state index in [4.69, 9.17) is 4.98 Å². The molecule has 0 saturated heterocycles. The van der Waals surface area contributed by atoms with Crippen molar-refractivity contribution in [2.24, 2.45) is 0 Å². The van der Waals surface area contributed by atoms with E-state index in [2.05, 4.69) is 70.6 Å². The molecule has 3 heteroatoms. The molecule has 0 spiro atoms. The van der Waals surface area contributed by atoms with E-state index in [1.807, 2.05) is 24.4 Å². The lowest BCUT2D eigenvalue weighted by atomic mass is 10.1. The van der Waals surface area contributed by atoms with Crippen LogP contribution in [0.25, 0.3) is 44.5 Å². The number of nitrogens with one attached hydrogen (secondary N) is 1. The molecule has 0 atom stereocenters. The van der Waals surface area contributed by atoms with Crippen LogP contribution in [-0.2, 0) is 0 Å². The molecule has 0 bridgehead atoms.